The second-order valence-corrected chi connectivity index (χ2v) is 10.6. The smallest absolute Gasteiger partial charge is 0.184 e. The number of rotatable bonds is 3. The Bertz CT molecular complexity index is 229. The van der Waals surface area contributed by atoms with E-state index in [9.17, 15) is 0 Å². The summed E-state index contributed by atoms with van der Waals surface area (Å²) in [5.74, 6) is 1.43. The van der Waals surface area contributed by atoms with E-state index in [0.29, 0.717) is 12.0 Å². The van der Waals surface area contributed by atoms with Gasteiger partial charge in [-0.2, -0.15) is 0 Å². The molecule has 0 aromatic heterocycles. The number of hydrogen-bond donors (Lipinski definition) is 0. The van der Waals surface area contributed by atoms with Crippen LogP contribution in [0.5, 0.6) is 0 Å². The largest absolute Gasteiger partial charge is 0.414 e. The molecule has 0 saturated heterocycles. The van der Waals surface area contributed by atoms with Gasteiger partial charge in [0.25, 0.3) is 0 Å². The molecule has 0 amide bonds. The van der Waals surface area contributed by atoms with Gasteiger partial charge < -0.3 is 4.43 Å². The Morgan fingerprint density at radius 2 is 1.87 bits per heavy atom. The van der Waals surface area contributed by atoms with Crippen LogP contribution in [0.1, 0.15) is 33.1 Å². The van der Waals surface area contributed by atoms with Crippen molar-refractivity contribution in [3.63, 3.8) is 0 Å². The summed E-state index contributed by atoms with van der Waals surface area (Å²) in [7, 11) is -1.40. The molecule has 1 aliphatic rings. The van der Waals surface area contributed by atoms with Gasteiger partial charge in [0.1, 0.15) is 0 Å². The van der Waals surface area contributed by atoms with Crippen LogP contribution in [0.15, 0.2) is 12.2 Å². The first-order chi connectivity index (χ1) is 6.79. The van der Waals surface area contributed by atoms with Crippen molar-refractivity contribution in [2.75, 3.05) is 0 Å². The highest BCUT2D eigenvalue weighted by atomic mass is 28.4. The third-order valence-corrected chi connectivity index (χ3v) is 4.20. The minimum Gasteiger partial charge on any atom is -0.414 e. The lowest BCUT2D eigenvalue weighted by molar-refractivity contribution is 0.0811. The molecule has 2 heteroatoms. The summed E-state index contributed by atoms with van der Waals surface area (Å²) in [4.78, 5) is 0. The van der Waals surface area contributed by atoms with Gasteiger partial charge in [0.15, 0.2) is 8.32 Å². The summed E-state index contributed by atoms with van der Waals surface area (Å²) in [5.41, 5.74) is 1.31. The third kappa shape index (κ3) is 4.11. The minimum atomic E-state index is -1.40. The van der Waals surface area contributed by atoms with Crippen molar-refractivity contribution in [3.05, 3.63) is 12.2 Å². The SMILES string of the molecule is C=C(C)C1CCC(C)CC1O[Si](C)(C)C. The Kier molecular flexibility index (Phi) is 4.18. The molecule has 3 atom stereocenters. The van der Waals surface area contributed by atoms with Crippen LogP contribution in [0.25, 0.3) is 0 Å². The Labute approximate surface area is 96.0 Å². The zero-order valence-corrected chi connectivity index (χ0v) is 12.0. The molecule has 0 aromatic rings. The van der Waals surface area contributed by atoms with Gasteiger partial charge >= 0.3 is 0 Å². The van der Waals surface area contributed by atoms with E-state index in [1.165, 1.54) is 24.8 Å². The zero-order chi connectivity index (χ0) is 11.6. The highest BCUT2D eigenvalue weighted by molar-refractivity contribution is 6.69. The van der Waals surface area contributed by atoms with Crippen molar-refractivity contribution in [2.24, 2.45) is 11.8 Å². The monoisotopic (exact) mass is 226 g/mol. The highest BCUT2D eigenvalue weighted by Gasteiger charge is 2.32. The molecule has 0 heterocycles. The van der Waals surface area contributed by atoms with Gasteiger partial charge in [0, 0.05) is 5.92 Å². The van der Waals surface area contributed by atoms with Gasteiger partial charge in [-0.05, 0) is 51.7 Å². The Morgan fingerprint density at radius 1 is 1.27 bits per heavy atom. The van der Waals surface area contributed by atoms with Crippen LogP contribution in [0, 0.1) is 11.8 Å². The van der Waals surface area contributed by atoms with Gasteiger partial charge in [-0.1, -0.05) is 19.1 Å². The van der Waals surface area contributed by atoms with E-state index in [1.54, 1.807) is 0 Å². The molecule has 0 aromatic carbocycles. The van der Waals surface area contributed by atoms with Gasteiger partial charge in [0.2, 0.25) is 0 Å². The quantitative estimate of drug-likeness (QED) is 0.517. The maximum absolute atomic E-state index is 6.30. The molecule has 0 N–H and O–H groups in total. The average Bonchev–Trinajstić information content (AvgIpc) is 1.99. The maximum atomic E-state index is 6.30. The molecule has 1 fully saturated rings. The molecule has 0 aliphatic heterocycles. The third-order valence-electron chi connectivity index (χ3n) is 3.19. The second kappa shape index (κ2) is 4.83. The van der Waals surface area contributed by atoms with E-state index in [1.807, 2.05) is 0 Å². The van der Waals surface area contributed by atoms with E-state index in [-0.39, 0.29) is 0 Å². The van der Waals surface area contributed by atoms with Crippen molar-refractivity contribution < 1.29 is 4.43 Å². The molecule has 0 bridgehead atoms. The summed E-state index contributed by atoms with van der Waals surface area (Å²) >= 11 is 0. The van der Waals surface area contributed by atoms with Gasteiger partial charge in [-0.15, -0.1) is 0 Å². The second-order valence-electron chi connectivity index (χ2n) is 6.14. The standard InChI is InChI=1S/C13H26OSi/c1-10(2)12-8-7-11(3)9-13(12)14-15(4,5)6/h11-13H,1,7-9H2,2-6H3. The van der Waals surface area contributed by atoms with Crippen molar-refractivity contribution in [1.29, 1.82) is 0 Å². The molecular formula is C13H26OSi. The maximum Gasteiger partial charge on any atom is 0.184 e. The van der Waals surface area contributed by atoms with Crippen LogP contribution in [-0.2, 0) is 4.43 Å². The number of hydrogen-bond acceptors (Lipinski definition) is 1. The molecule has 15 heavy (non-hydrogen) atoms. The lowest BCUT2D eigenvalue weighted by Crippen LogP contribution is -2.40. The fourth-order valence-electron chi connectivity index (χ4n) is 2.48. The van der Waals surface area contributed by atoms with Crippen molar-refractivity contribution in [1.82, 2.24) is 0 Å². The molecule has 0 spiro atoms. The van der Waals surface area contributed by atoms with E-state index in [4.69, 9.17) is 4.43 Å². The predicted octanol–water partition coefficient (Wildman–Crippen LogP) is 4.22. The Balaban J connectivity index is 2.66. The van der Waals surface area contributed by atoms with Gasteiger partial charge in [-0.25, -0.2) is 0 Å². The van der Waals surface area contributed by atoms with Crippen LogP contribution >= 0.6 is 0 Å². The predicted molar refractivity (Wildman–Crippen MR) is 69.5 cm³/mol. The summed E-state index contributed by atoms with van der Waals surface area (Å²) in [5, 5.41) is 0. The molecular weight excluding hydrogens is 200 g/mol. The fourth-order valence-corrected chi connectivity index (χ4v) is 3.65. The minimum absolute atomic E-state index is 0.443. The first kappa shape index (κ1) is 13.0. The Hall–Kier alpha value is -0.0831. The summed E-state index contributed by atoms with van der Waals surface area (Å²) in [6.07, 6.45) is 4.27. The molecule has 1 saturated carbocycles. The molecule has 0 radical (unpaired) electrons. The van der Waals surface area contributed by atoms with Crippen molar-refractivity contribution in [3.8, 4) is 0 Å². The van der Waals surface area contributed by atoms with Gasteiger partial charge in [-0.3, -0.25) is 0 Å². The van der Waals surface area contributed by atoms with E-state index >= 15 is 0 Å². The van der Waals surface area contributed by atoms with E-state index in [2.05, 4.69) is 40.1 Å². The van der Waals surface area contributed by atoms with Crippen molar-refractivity contribution in [2.45, 2.75) is 58.9 Å². The first-order valence-electron chi connectivity index (χ1n) is 6.13. The van der Waals surface area contributed by atoms with Crippen LogP contribution in [-0.4, -0.2) is 14.4 Å². The summed E-state index contributed by atoms with van der Waals surface area (Å²) < 4.78 is 6.30. The zero-order valence-electron chi connectivity index (χ0n) is 11.0. The van der Waals surface area contributed by atoms with Crippen LogP contribution in [0.4, 0.5) is 0 Å². The molecule has 88 valence electrons. The Morgan fingerprint density at radius 3 is 2.33 bits per heavy atom. The van der Waals surface area contributed by atoms with Crippen LogP contribution in [0.3, 0.4) is 0 Å². The summed E-state index contributed by atoms with van der Waals surface area (Å²) in [6, 6.07) is 0. The molecule has 1 rings (SSSR count). The fraction of sp³-hybridized carbons (Fsp3) is 0.846. The molecule has 1 aliphatic carbocycles. The normalized spacial score (nSPS) is 32.7. The first-order valence-corrected chi connectivity index (χ1v) is 9.53. The average molecular weight is 226 g/mol. The lowest BCUT2D eigenvalue weighted by Gasteiger charge is -2.38. The molecule has 3 unspecified atom stereocenters. The van der Waals surface area contributed by atoms with Crippen LogP contribution < -0.4 is 0 Å². The van der Waals surface area contributed by atoms with Gasteiger partial charge in [0.05, 0.1) is 6.10 Å². The van der Waals surface area contributed by atoms with E-state index in [0.717, 1.165) is 5.92 Å². The topological polar surface area (TPSA) is 9.23 Å². The van der Waals surface area contributed by atoms with Crippen molar-refractivity contribution >= 4 is 8.32 Å². The summed E-state index contributed by atoms with van der Waals surface area (Å²) in [6.45, 7) is 15.5. The molecule has 1 nitrogen and oxygen atoms in total. The van der Waals surface area contributed by atoms with E-state index < -0.39 is 8.32 Å². The lowest BCUT2D eigenvalue weighted by atomic mass is 9.78. The van der Waals surface area contributed by atoms with Crippen LogP contribution in [0.2, 0.25) is 19.6 Å². The highest BCUT2D eigenvalue weighted by Crippen LogP contribution is 2.35.